The summed E-state index contributed by atoms with van der Waals surface area (Å²) in [5.74, 6) is 0.384. The molecule has 0 aliphatic carbocycles. The van der Waals surface area contributed by atoms with Crippen molar-refractivity contribution in [3.63, 3.8) is 0 Å². The normalized spacial score (nSPS) is 17.7. The number of halogens is 2. The van der Waals surface area contributed by atoms with Gasteiger partial charge in [-0.1, -0.05) is 19.1 Å². The molecule has 76 valence electrons. The summed E-state index contributed by atoms with van der Waals surface area (Å²) in [7, 11) is 0. The fourth-order valence-electron chi connectivity index (χ4n) is 1.84. The minimum absolute atomic E-state index is 0.285. The summed E-state index contributed by atoms with van der Waals surface area (Å²) < 4.78 is 30.7. The fourth-order valence-corrected chi connectivity index (χ4v) is 1.84. The van der Waals surface area contributed by atoms with Gasteiger partial charge in [0.1, 0.15) is 5.75 Å². The van der Waals surface area contributed by atoms with Gasteiger partial charge in [0.15, 0.2) is 0 Å². The Morgan fingerprint density at radius 3 is 2.79 bits per heavy atom. The zero-order chi connectivity index (χ0) is 10.3. The third-order valence-corrected chi connectivity index (χ3v) is 2.57. The van der Waals surface area contributed by atoms with Crippen LogP contribution in [0.15, 0.2) is 12.1 Å². The van der Waals surface area contributed by atoms with E-state index in [1.807, 2.05) is 19.1 Å². The maximum Gasteiger partial charge on any atom is 0.402 e. The van der Waals surface area contributed by atoms with Gasteiger partial charge >= 0.3 is 6.11 Å². The van der Waals surface area contributed by atoms with E-state index in [0.717, 1.165) is 17.5 Å². The quantitative estimate of drug-likeness (QED) is 0.673. The third-order valence-electron chi connectivity index (χ3n) is 2.57. The molecule has 1 heterocycles. The number of fused-ring (bicyclic) bond motifs is 1. The third kappa shape index (κ3) is 1.37. The highest BCUT2D eigenvalue weighted by atomic mass is 19.3. The average Bonchev–Trinajstić information content (AvgIpc) is 2.42. The number of aryl methyl sites for hydroxylation is 2. The van der Waals surface area contributed by atoms with Crippen LogP contribution in [-0.2, 0) is 12.8 Å². The molecule has 0 unspecified atom stereocenters. The van der Waals surface area contributed by atoms with Crippen molar-refractivity contribution in [2.45, 2.75) is 32.8 Å². The van der Waals surface area contributed by atoms with Crippen LogP contribution in [-0.4, -0.2) is 6.11 Å². The van der Waals surface area contributed by atoms with Gasteiger partial charge in [-0.15, -0.1) is 0 Å². The van der Waals surface area contributed by atoms with Gasteiger partial charge in [0.25, 0.3) is 0 Å². The number of ether oxygens (including phenoxy) is 1. The lowest BCUT2D eigenvalue weighted by Gasteiger charge is -2.08. The predicted octanol–water partition coefficient (Wildman–Crippen LogP) is 3.09. The van der Waals surface area contributed by atoms with Gasteiger partial charge < -0.3 is 4.74 Å². The molecule has 1 nitrogen and oxygen atoms in total. The molecule has 0 radical (unpaired) electrons. The SMILES string of the molecule is CCc1ccc(C)c2c1CC(F)(F)O2. The number of hydrogen-bond acceptors (Lipinski definition) is 1. The summed E-state index contributed by atoms with van der Waals surface area (Å²) in [6, 6.07) is 3.73. The van der Waals surface area contributed by atoms with Crippen LogP contribution in [0.5, 0.6) is 5.75 Å². The number of hydrogen-bond donors (Lipinski definition) is 0. The molecule has 1 aromatic rings. The van der Waals surface area contributed by atoms with Crippen molar-refractivity contribution in [1.29, 1.82) is 0 Å². The Hall–Kier alpha value is -1.12. The van der Waals surface area contributed by atoms with Crippen LogP contribution in [0.1, 0.15) is 23.6 Å². The Kier molecular flexibility index (Phi) is 1.98. The van der Waals surface area contributed by atoms with E-state index in [9.17, 15) is 8.78 Å². The van der Waals surface area contributed by atoms with E-state index < -0.39 is 6.11 Å². The van der Waals surface area contributed by atoms with Crippen LogP contribution in [0, 0.1) is 6.92 Å². The lowest BCUT2D eigenvalue weighted by Crippen LogP contribution is -2.20. The second-order valence-corrected chi connectivity index (χ2v) is 3.62. The van der Waals surface area contributed by atoms with E-state index >= 15 is 0 Å². The molecule has 2 rings (SSSR count). The molecule has 0 atom stereocenters. The van der Waals surface area contributed by atoms with E-state index in [4.69, 9.17) is 0 Å². The predicted molar refractivity (Wildman–Crippen MR) is 49.8 cm³/mol. The van der Waals surface area contributed by atoms with Crippen LogP contribution in [0.3, 0.4) is 0 Å². The molecule has 0 bridgehead atoms. The first-order valence-corrected chi connectivity index (χ1v) is 4.71. The number of benzene rings is 1. The molecule has 0 saturated carbocycles. The van der Waals surface area contributed by atoms with Crippen molar-refractivity contribution in [2.24, 2.45) is 0 Å². The molecule has 0 aromatic heterocycles. The maximum atomic E-state index is 13.0. The standard InChI is InChI=1S/C11H12F2O/c1-3-8-5-4-7(2)10-9(8)6-11(12,13)14-10/h4-5H,3,6H2,1-2H3. The van der Waals surface area contributed by atoms with Gasteiger partial charge in [0.05, 0.1) is 6.42 Å². The second kappa shape index (κ2) is 2.94. The minimum atomic E-state index is -3.02. The van der Waals surface area contributed by atoms with Gasteiger partial charge in [-0.05, 0) is 24.5 Å². The highest BCUT2D eigenvalue weighted by molar-refractivity contribution is 5.49. The van der Waals surface area contributed by atoms with Gasteiger partial charge in [0, 0.05) is 5.56 Å². The molecule has 1 aliphatic heterocycles. The summed E-state index contributed by atoms with van der Waals surface area (Å²) in [5.41, 5.74) is 2.43. The fraction of sp³-hybridized carbons (Fsp3) is 0.455. The van der Waals surface area contributed by atoms with Crippen molar-refractivity contribution < 1.29 is 13.5 Å². The van der Waals surface area contributed by atoms with Crippen LogP contribution in [0.25, 0.3) is 0 Å². The second-order valence-electron chi connectivity index (χ2n) is 3.62. The number of rotatable bonds is 1. The van der Waals surface area contributed by atoms with E-state index in [2.05, 4.69) is 4.74 Å². The molecular weight excluding hydrogens is 186 g/mol. The Balaban J connectivity index is 2.53. The summed E-state index contributed by atoms with van der Waals surface area (Å²) in [5, 5.41) is 0. The van der Waals surface area contributed by atoms with Gasteiger partial charge in [-0.3, -0.25) is 0 Å². The van der Waals surface area contributed by atoms with E-state index in [0.29, 0.717) is 11.3 Å². The van der Waals surface area contributed by atoms with Crippen molar-refractivity contribution >= 4 is 0 Å². The van der Waals surface area contributed by atoms with Gasteiger partial charge in [-0.25, -0.2) is 0 Å². The molecule has 0 fully saturated rings. The van der Waals surface area contributed by atoms with E-state index in [1.54, 1.807) is 6.92 Å². The largest absolute Gasteiger partial charge is 0.432 e. The lowest BCUT2D eigenvalue weighted by atomic mass is 10.00. The molecule has 0 spiro atoms. The highest BCUT2D eigenvalue weighted by Gasteiger charge is 2.41. The zero-order valence-corrected chi connectivity index (χ0v) is 8.23. The molecule has 14 heavy (non-hydrogen) atoms. The first-order chi connectivity index (χ1) is 6.53. The average molecular weight is 198 g/mol. The van der Waals surface area contributed by atoms with Crippen LogP contribution in [0.2, 0.25) is 0 Å². The van der Waals surface area contributed by atoms with Crippen LogP contribution >= 0.6 is 0 Å². The molecule has 0 amide bonds. The van der Waals surface area contributed by atoms with Crippen LogP contribution in [0.4, 0.5) is 8.78 Å². The molecule has 3 heteroatoms. The van der Waals surface area contributed by atoms with Crippen molar-refractivity contribution in [3.8, 4) is 5.75 Å². The lowest BCUT2D eigenvalue weighted by molar-refractivity contribution is -0.159. The molecule has 0 saturated heterocycles. The summed E-state index contributed by atoms with van der Waals surface area (Å²) in [6.45, 7) is 3.75. The molecule has 1 aromatic carbocycles. The van der Waals surface area contributed by atoms with Crippen molar-refractivity contribution in [1.82, 2.24) is 0 Å². The first-order valence-electron chi connectivity index (χ1n) is 4.71. The molecule has 0 N–H and O–H groups in total. The smallest absolute Gasteiger partial charge is 0.402 e. The van der Waals surface area contributed by atoms with E-state index in [-0.39, 0.29) is 6.42 Å². The summed E-state index contributed by atoms with van der Waals surface area (Å²) >= 11 is 0. The van der Waals surface area contributed by atoms with Crippen molar-refractivity contribution in [3.05, 3.63) is 28.8 Å². The minimum Gasteiger partial charge on any atom is -0.432 e. The topological polar surface area (TPSA) is 9.23 Å². The first kappa shape index (κ1) is 9.44. The Bertz CT molecular complexity index is 372. The number of alkyl halides is 2. The zero-order valence-electron chi connectivity index (χ0n) is 8.23. The Morgan fingerprint density at radius 2 is 2.14 bits per heavy atom. The summed E-state index contributed by atoms with van der Waals surface area (Å²) in [4.78, 5) is 0. The molecular formula is C11H12F2O. The van der Waals surface area contributed by atoms with Gasteiger partial charge in [-0.2, -0.15) is 8.78 Å². The summed E-state index contributed by atoms with van der Waals surface area (Å²) in [6.07, 6.45) is -2.53. The highest BCUT2D eigenvalue weighted by Crippen LogP contribution is 2.41. The maximum absolute atomic E-state index is 13.0. The Morgan fingerprint density at radius 1 is 1.43 bits per heavy atom. The van der Waals surface area contributed by atoms with E-state index in [1.165, 1.54) is 0 Å². The molecule has 1 aliphatic rings. The van der Waals surface area contributed by atoms with Gasteiger partial charge in [0.2, 0.25) is 0 Å². The monoisotopic (exact) mass is 198 g/mol. The Labute approximate surface area is 81.7 Å². The van der Waals surface area contributed by atoms with Crippen molar-refractivity contribution in [2.75, 3.05) is 0 Å². The van der Waals surface area contributed by atoms with Crippen LogP contribution < -0.4 is 4.74 Å².